The zero-order chi connectivity index (χ0) is 21.2. The molecule has 1 amide bonds. The van der Waals surface area contributed by atoms with Crippen LogP contribution in [0.15, 0.2) is 53.7 Å². The van der Waals surface area contributed by atoms with Crippen molar-refractivity contribution in [1.82, 2.24) is 20.5 Å². The van der Waals surface area contributed by atoms with Gasteiger partial charge >= 0.3 is 0 Å². The summed E-state index contributed by atoms with van der Waals surface area (Å²) in [5, 5.41) is 7.09. The average molecular weight is 558 g/mol. The highest BCUT2D eigenvalue weighted by molar-refractivity contribution is 14.0. The molecule has 1 atom stereocenters. The number of ether oxygens (including phenoxy) is 1. The van der Waals surface area contributed by atoms with E-state index < -0.39 is 0 Å². The molecule has 1 unspecified atom stereocenters. The Balaban J connectivity index is 0.00000341. The maximum Gasteiger partial charge on any atom is 0.223 e. The van der Waals surface area contributed by atoms with Gasteiger partial charge in [0, 0.05) is 51.3 Å². The third-order valence-corrected chi connectivity index (χ3v) is 5.16. The van der Waals surface area contributed by atoms with Crippen molar-refractivity contribution in [1.29, 1.82) is 0 Å². The first kappa shape index (κ1) is 25.2. The Morgan fingerprint density at radius 1 is 1.26 bits per heavy atom. The van der Waals surface area contributed by atoms with Gasteiger partial charge < -0.3 is 20.3 Å². The normalized spacial score (nSPS) is 16.1. The molecule has 2 N–H and O–H groups in total. The van der Waals surface area contributed by atoms with Gasteiger partial charge in [-0.1, -0.05) is 41.9 Å². The molecular weight excluding hydrogens is 529 g/mol. The quantitative estimate of drug-likeness (QED) is 0.215. The van der Waals surface area contributed by atoms with Crippen molar-refractivity contribution >= 4 is 47.4 Å². The molecular formula is C22H29ClIN5O2. The molecule has 0 saturated carbocycles. The van der Waals surface area contributed by atoms with E-state index in [-0.39, 0.29) is 35.8 Å². The molecule has 1 saturated heterocycles. The fraction of sp³-hybridized carbons (Fsp3) is 0.409. The van der Waals surface area contributed by atoms with Gasteiger partial charge in [0.15, 0.2) is 5.96 Å². The highest BCUT2D eigenvalue weighted by Crippen LogP contribution is 2.17. The molecule has 1 aliphatic rings. The van der Waals surface area contributed by atoms with Crippen LogP contribution in [-0.4, -0.2) is 61.6 Å². The molecule has 31 heavy (non-hydrogen) atoms. The number of guanidine groups is 1. The number of amides is 1. The van der Waals surface area contributed by atoms with Crippen molar-refractivity contribution in [3.8, 4) is 5.88 Å². The van der Waals surface area contributed by atoms with Crippen molar-refractivity contribution in [3.05, 3.63) is 59.2 Å². The Bertz CT molecular complexity index is 836. The van der Waals surface area contributed by atoms with Gasteiger partial charge in [-0.15, -0.1) is 24.0 Å². The van der Waals surface area contributed by atoms with Gasteiger partial charge in [0.2, 0.25) is 11.8 Å². The Morgan fingerprint density at radius 2 is 2.06 bits per heavy atom. The number of nitrogens with one attached hydrogen (secondary N) is 2. The zero-order valence-electron chi connectivity index (χ0n) is 17.6. The van der Waals surface area contributed by atoms with E-state index >= 15 is 0 Å². The lowest BCUT2D eigenvalue weighted by Gasteiger charge is -2.18. The molecule has 2 heterocycles. The topological polar surface area (TPSA) is 78.9 Å². The number of rotatable bonds is 9. The second kappa shape index (κ2) is 13.4. The van der Waals surface area contributed by atoms with E-state index in [0.717, 1.165) is 19.5 Å². The summed E-state index contributed by atoms with van der Waals surface area (Å²) in [7, 11) is 1.73. The van der Waals surface area contributed by atoms with Crippen molar-refractivity contribution in [2.75, 3.05) is 39.8 Å². The highest BCUT2D eigenvalue weighted by Gasteiger charge is 2.29. The predicted octanol–water partition coefficient (Wildman–Crippen LogP) is 2.99. The van der Waals surface area contributed by atoms with Crippen LogP contribution in [0.5, 0.6) is 5.88 Å². The molecule has 1 fully saturated rings. The van der Waals surface area contributed by atoms with Crippen LogP contribution in [0, 0.1) is 5.92 Å². The summed E-state index contributed by atoms with van der Waals surface area (Å²) >= 11 is 5.81. The molecule has 0 radical (unpaired) electrons. The maximum absolute atomic E-state index is 12.3. The monoisotopic (exact) mass is 557 g/mol. The largest absolute Gasteiger partial charge is 0.476 e. The molecule has 7 nitrogen and oxygen atoms in total. The number of pyridine rings is 1. The van der Waals surface area contributed by atoms with E-state index in [1.54, 1.807) is 25.4 Å². The van der Waals surface area contributed by atoms with E-state index in [2.05, 4.69) is 32.7 Å². The molecule has 0 bridgehead atoms. The minimum atomic E-state index is 0. The summed E-state index contributed by atoms with van der Waals surface area (Å²) in [6.07, 6.45) is 3.01. The van der Waals surface area contributed by atoms with E-state index in [4.69, 9.17) is 16.3 Å². The van der Waals surface area contributed by atoms with Crippen LogP contribution in [0.1, 0.15) is 12.0 Å². The first-order valence-corrected chi connectivity index (χ1v) is 10.5. The summed E-state index contributed by atoms with van der Waals surface area (Å²) in [6.45, 7) is 3.28. The number of nitrogens with zero attached hydrogens (tertiary/aromatic N) is 3. The number of carbonyl (C=O) groups is 1. The second-order valence-electron chi connectivity index (χ2n) is 7.19. The van der Waals surface area contributed by atoms with E-state index in [0.29, 0.717) is 43.0 Å². The average Bonchev–Trinajstić information content (AvgIpc) is 3.13. The number of likely N-dealkylation sites (tertiary alicyclic amines) is 1. The van der Waals surface area contributed by atoms with Gasteiger partial charge in [-0.05, 0) is 18.1 Å². The third kappa shape index (κ3) is 8.53. The standard InChI is InChI=1S/C22H28ClN5O2.HI/c1-24-22(25-10-12-30-20-8-7-19(23)15-26-20)27-14-18-13-21(29)28(16-18)11-9-17-5-3-2-4-6-17;/h2-8,15,18H,9-14,16H2,1H3,(H2,24,25,27);1H. The van der Waals surface area contributed by atoms with Crippen LogP contribution in [-0.2, 0) is 11.2 Å². The summed E-state index contributed by atoms with van der Waals surface area (Å²) in [5.74, 6) is 1.73. The van der Waals surface area contributed by atoms with Crippen LogP contribution in [0.3, 0.4) is 0 Å². The minimum absolute atomic E-state index is 0. The SMILES string of the molecule is CN=C(NCCOc1ccc(Cl)cn1)NCC1CC(=O)N(CCc2ccccc2)C1.I. The number of halogens is 2. The summed E-state index contributed by atoms with van der Waals surface area (Å²) in [6, 6.07) is 13.7. The fourth-order valence-corrected chi connectivity index (χ4v) is 3.46. The molecule has 3 rings (SSSR count). The lowest BCUT2D eigenvalue weighted by atomic mass is 10.1. The minimum Gasteiger partial charge on any atom is -0.476 e. The Hall–Kier alpha value is -2.07. The van der Waals surface area contributed by atoms with Crippen LogP contribution in [0.25, 0.3) is 0 Å². The molecule has 1 aliphatic heterocycles. The highest BCUT2D eigenvalue weighted by atomic mass is 127. The Morgan fingerprint density at radius 3 is 2.77 bits per heavy atom. The lowest BCUT2D eigenvalue weighted by Crippen LogP contribution is -2.41. The molecule has 168 valence electrons. The van der Waals surface area contributed by atoms with E-state index in [1.165, 1.54) is 5.56 Å². The molecule has 1 aromatic heterocycles. The molecule has 0 aliphatic carbocycles. The Kier molecular flexibility index (Phi) is 10.9. The van der Waals surface area contributed by atoms with Gasteiger partial charge in [-0.3, -0.25) is 9.79 Å². The maximum atomic E-state index is 12.3. The van der Waals surface area contributed by atoms with E-state index in [9.17, 15) is 4.79 Å². The molecule has 0 spiro atoms. The number of benzene rings is 1. The van der Waals surface area contributed by atoms with Gasteiger partial charge in [0.05, 0.1) is 11.6 Å². The van der Waals surface area contributed by atoms with E-state index in [1.807, 2.05) is 23.1 Å². The second-order valence-corrected chi connectivity index (χ2v) is 7.62. The van der Waals surface area contributed by atoms with Gasteiger partial charge in [0.25, 0.3) is 0 Å². The molecule has 2 aromatic rings. The third-order valence-electron chi connectivity index (χ3n) is 4.93. The molecule has 1 aromatic carbocycles. The summed E-state index contributed by atoms with van der Waals surface area (Å²) in [5.41, 5.74) is 1.26. The zero-order valence-corrected chi connectivity index (χ0v) is 20.7. The summed E-state index contributed by atoms with van der Waals surface area (Å²) < 4.78 is 5.56. The number of hydrogen-bond acceptors (Lipinski definition) is 4. The van der Waals surface area contributed by atoms with Crippen molar-refractivity contribution in [3.63, 3.8) is 0 Å². The number of hydrogen-bond donors (Lipinski definition) is 2. The van der Waals surface area contributed by atoms with Crippen molar-refractivity contribution < 1.29 is 9.53 Å². The van der Waals surface area contributed by atoms with Gasteiger partial charge in [0.1, 0.15) is 6.61 Å². The number of aliphatic imine (C=N–C) groups is 1. The molecule has 9 heteroatoms. The fourth-order valence-electron chi connectivity index (χ4n) is 3.35. The number of carbonyl (C=O) groups excluding carboxylic acids is 1. The first-order valence-electron chi connectivity index (χ1n) is 10.1. The Labute approximate surface area is 205 Å². The first-order chi connectivity index (χ1) is 14.6. The lowest BCUT2D eigenvalue weighted by molar-refractivity contribution is -0.127. The van der Waals surface area contributed by atoms with Crippen LogP contribution < -0.4 is 15.4 Å². The number of aromatic nitrogens is 1. The predicted molar refractivity (Wildman–Crippen MR) is 134 cm³/mol. The van der Waals surface area contributed by atoms with Crippen molar-refractivity contribution in [2.45, 2.75) is 12.8 Å². The van der Waals surface area contributed by atoms with Crippen molar-refractivity contribution in [2.24, 2.45) is 10.9 Å². The van der Waals surface area contributed by atoms with Gasteiger partial charge in [-0.2, -0.15) is 0 Å². The van der Waals surface area contributed by atoms with Crippen LogP contribution >= 0.6 is 35.6 Å². The summed E-state index contributed by atoms with van der Waals surface area (Å²) in [4.78, 5) is 22.6. The van der Waals surface area contributed by atoms with Crippen LogP contribution in [0.4, 0.5) is 0 Å². The van der Waals surface area contributed by atoms with Crippen LogP contribution in [0.2, 0.25) is 5.02 Å². The van der Waals surface area contributed by atoms with Gasteiger partial charge in [-0.25, -0.2) is 4.98 Å². The smallest absolute Gasteiger partial charge is 0.223 e.